The molecule has 0 radical (unpaired) electrons. The highest BCUT2D eigenvalue weighted by Gasteiger charge is 2.24. The van der Waals surface area contributed by atoms with Gasteiger partial charge in [-0.2, -0.15) is 0 Å². The third-order valence-electron chi connectivity index (χ3n) is 4.18. The molecule has 24 heavy (non-hydrogen) atoms. The van der Waals surface area contributed by atoms with E-state index in [4.69, 9.17) is 0 Å². The molecule has 1 saturated heterocycles. The second kappa shape index (κ2) is 7.88. The van der Waals surface area contributed by atoms with Crippen LogP contribution in [0, 0.1) is 0 Å². The molecule has 3 rings (SSSR count). The van der Waals surface area contributed by atoms with Crippen molar-refractivity contribution in [1.29, 1.82) is 0 Å². The lowest BCUT2D eigenvalue weighted by molar-refractivity contribution is 0.0708. The van der Waals surface area contributed by atoms with Gasteiger partial charge in [-0.25, -0.2) is 4.98 Å². The van der Waals surface area contributed by atoms with Crippen molar-refractivity contribution < 1.29 is 9.90 Å². The third kappa shape index (κ3) is 3.71. The molecular formula is C18H22N4O2. The minimum atomic E-state index is -0.108. The van der Waals surface area contributed by atoms with Crippen LogP contribution >= 0.6 is 0 Å². The zero-order valence-electron chi connectivity index (χ0n) is 13.6. The van der Waals surface area contributed by atoms with Crippen LogP contribution in [0.15, 0.2) is 42.9 Å². The normalized spacial score (nSPS) is 14.0. The zero-order valence-corrected chi connectivity index (χ0v) is 13.6. The summed E-state index contributed by atoms with van der Waals surface area (Å²) >= 11 is 0. The summed E-state index contributed by atoms with van der Waals surface area (Å²) in [5.74, 6) is 0.636. The molecule has 2 aromatic heterocycles. The Labute approximate surface area is 141 Å². The Morgan fingerprint density at radius 1 is 1.21 bits per heavy atom. The number of carbonyl (C=O) groups excluding carboxylic acids is 1. The highest BCUT2D eigenvalue weighted by Crippen LogP contribution is 2.23. The quantitative estimate of drug-likeness (QED) is 0.875. The van der Waals surface area contributed by atoms with E-state index in [-0.39, 0.29) is 19.1 Å². The van der Waals surface area contributed by atoms with Gasteiger partial charge in [-0.3, -0.25) is 9.78 Å². The first-order valence-corrected chi connectivity index (χ1v) is 8.28. The van der Waals surface area contributed by atoms with Crippen molar-refractivity contribution in [2.24, 2.45) is 0 Å². The number of carbonyl (C=O) groups is 1. The Hall–Kier alpha value is -2.47. The predicted octanol–water partition coefficient (Wildman–Crippen LogP) is 1.71. The van der Waals surface area contributed by atoms with E-state index in [1.807, 2.05) is 18.2 Å². The van der Waals surface area contributed by atoms with Crippen molar-refractivity contribution in [3.05, 3.63) is 54.0 Å². The summed E-state index contributed by atoms with van der Waals surface area (Å²) in [6.45, 7) is 2.48. The lowest BCUT2D eigenvalue weighted by Crippen LogP contribution is -2.34. The van der Waals surface area contributed by atoms with Crippen LogP contribution in [-0.2, 0) is 6.54 Å². The lowest BCUT2D eigenvalue weighted by atomic mass is 10.2. The Bertz CT molecular complexity index is 672. The second-order valence-electron chi connectivity index (χ2n) is 5.88. The summed E-state index contributed by atoms with van der Waals surface area (Å²) in [6, 6.07) is 7.37. The smallest absolute Gasteiger partial charge is 0.257 e. The average Bonchev–Trinajstić information content (AvgIpc) is 3.16. The Kier molecular flexibility index (Phi) is 5.38. The van der Waals surface area contributed by atoms with Gasteiger partial charge in [0.2, 0.25) is 0 Å². The van der Waals surface area contributed by atoms with Gasteiger partial charge in [0.25, 0.3) is 5.91 Å². The average molecular weight is 326 g/mol. The molecule has 126 valence electrons. The van der Waals surface area contributed by atoms with E-state index in [0.29, 0.717) is 12.1 Å². The number of aromatic nitrogens is 2. The van der Waals surface area contributed by atoms with Crippen molar-refractivity contribution in [3.63, 3.8) is 0 Å². The van der Waals surface area contributed by atoms with Gasteiger partial charge in [0, 0.05) is 44.8 Å². The summed E-state index contributed by atoms with van der Waals surface area (Å²) < 4.78 is 0. The van der Waals surface area contributed by atoms with E-state index in [1.165, 1.54) is 0 Å². The van der Waals surface area contributed by atoms with Gasteiger partial charge in [-0.05, 0) is 36.6 Å². The van der Waals surface area contributed by atoms with Crippen molar-refractivity contribution in [2.75, 3.05) is 31.1 Å². The highest BCUT2D eigenvalue weighted by molar-refractivity contribution is 5.99. The van der Waals surface area contributed by atoms with Crippen molar-refractivity contribution in [2.45, 2.75) is 19.4 Å². The summed E-state index contributed by atoms with van der Waals surface area (Å²) in [7, 11) is 0. The second-order valence-corrected chi connectivity index (χ2v) is 5.88. The number of pyridine rings is 2. The number of anilines is 1. The van der Waals surface area contributed by atoms with E-state index in [2.05, 4.69) is 14.9 Å². The van der Waals surface area contributed by atoms with Gasteiger partial charge >= 0.3 is 0 Å². The van der Waals surface area contributed by atoms with E-state index in [0.717, 1.165) is 37.3 Å². The largest absolute Gasteiger partial charge is 0.395 e. The molecule has 0 atom stereocenters. The summed E-state index contributed by atoms with van der Waals surface area (Å²) in [5, 5.41) is 9.36. The first-order valence-electron chi connectivity index (χ1n) is 8.28. The van der Waals surface area contributed by atoms with Gasteiger partial charge in [-0.1, -0.05) is 6.07 Å². The molecule has 0 spiro atoms. The first-order chi connectivity index (χ1) is 11.8. The SMILES string of the molecule is O=C(c1cccnc1N1CCCC1)N(CCO)Cc1cccnc1. The number of amides is 1. The molecule has 0 aliphatic carbocycles. The summed E-state index contributed by atoms with van der Waals surface area (Å²) in [4.78, 5) is 25.4. The number of nitrogens with zero attached hydrogens (tertiary/aromatic N) is 4. The Morgan fingerprint density at radius 2 is 2.00 bits per heavy atom. The molecule has 6 heteroatoms. The third-order valence-corrected chi connectivity index (χ3v) is 4.18. The van der Waals surface area contributed by atoms with E-state index < -0.39 is 0 Å². The van der Waals surface area contributed by atoms with Gasteiger partial charge in [-0.15, -0.1) is 0 Å². The highest BCUT2D eigenvalue weighted by atomic mass is 16.3. The molecule has 0 bridgehead atoms. The molecule has 0 aromatic carbocycles. The van der Waals surface area contributed by atoms with E-state index in [9.17, 15) is 9.90 Å². The molecule has 1 amide bonds. The molecule has 0 saturated carbocycles. The van der Waals surface area contributed by atoms with Crippen molar-refractivity contribution >= 4 is 11.7 Å². The van der Waals surface area contributed by atoms with E-state index >= 15 is 0 Å². The maximum Gasteiger partial charge on any atom is 0.257 e. The van der Waals surface area contributed by atoms with Crippen LogP contribution in [0.3, 0.4) is 0 Å². The lowest BCUT2D eigenvalue weighted by Gasteiger charge is -2.25. The number of rotatable bonds is 6. The van der Waals surface area contributed by atoms with Crippen molar-refractivity contribution in [3.8, 4) is 0 Å². The van der Waals surface area contributed by atoms with Crippen LogP contribution < -0.4 is 4.90 Å². The fourth-order valence-electron chi connectivity index (χ4n) is 3.00. The van der Waals surface area contributed by atoms with Crippen molar-refractivity contribution in [1.82, 2.24) is 14.9 Å². The molecule has 0 unspecified atom stereocenters. The van der Waals surface area contributed by atoms with E-state index in [1.54, 1.807) is 29.6 Å². The minimum Gasteiger partial charge on any atom is -0.395 e. The minimum absolute atomic E-state index is 0.0781. The van der Waals surface area contributed by atoms with Crippen LogP contribution in [0.1, 0.15) is 28.8 Å². The topological polar surface area (TPSA) is 69.6 Å². The molecule has 6 nitrogen and oxygen atoms in total. The number of hydrogen-bond donors (Lipinski definition) is 1. The number of aliphatic hydroxyl groups is 1. The number of hydrogen-bond acceptors (Lipinski definition) is 5. The molecule has 1 fully saturated rings. The van der Waals surface area contributed by atoms with Gasteiger partial charge in [0.05, 0.1) is 12.2 Å². The predicted molar refractivity (Wildman–Crippen MR) is 91.7 cm³/mol. The molecule has 1 aliphatic rings. The fraction of sp³-hybridized carbons (Fsp3) is 0.389. The number of aliphatic hydroxyl groups excluding tert-OH is 1. The molecule has 2 aromatic rings. The molecule has 3 heterocycles. The first kappa shape index (κ1) is 16.4. The zero-order chi connectivity index (χ0) is 16.8. The van der Waals surface area contributed by atoms with Gasteiger partial charge in [0.1, 0.15) is 5.82 Å². The van der Waals surface area contributed by atoms with Crippen LogP contribution in [0.4, 0.5) is 5.82 Å². The Morgan fingerprint density at radius 3 is 2.71 bits per heavy atom. The maximum absolute atomic E-state index is 13.0. The van der Waals surface area contributed by atoms with Crippen LogP contribution in [0.2, 0.25) is 0 Å². The fourth-order valence-corrected chi connectivity index (χ4v) is 3.00. The summed E-state index contributed by atoms with van der Waals surface area (Å²) in [6.07, 6.45) is 7.42. The van der Waals surface area contributed by atoms with Crippen LogP contribution in [0.25, 0.3) is 0 Å². The summed E-state index contributed by atoms with van der Waals surface area (Å²) in [5.41, 5.74) is 1.53. The monoisotopic (exact) mass is 326 g/mol. The molecule has 1 aliphatic heterocycles. The van der Waals surface area contributed by atoms with Gasteiger partial charge < -0.3 is 14.9 Å². The molecular weight excluding hydrogens is 304 g/mol. The van der Waals surface area contributed by atoms with Crippen LogP contribution in [-0.4, -0.2) is 52.1 Å². The van der Waals surface area contributed by atoms with Gasteiger partial charge in [0.15, 0.2) is 0 Å². The standard InChI is InChI=1S/C18H22N4O2/c23-12-11-22(14-15-5-3-7-19-13-15)18(24)16-6-4-8-20-17(16)21-9-1-2-10-21/h3-8,13,23H,1-2,9-12,14H2. The van der Waals surface area contributed by atoms with Crippen LogP contribution in [0.5, 0.6) is 0 Å². The maximum atomic E-state index is 13.0. The molecule has 1 N–H and O–H groups in total. The Balaban J connectivity index is 1.85.